The van der Waals surface area contributed by atoms with Crippen molar-refractivity contribution in [3.8, 4) is 0 Å². The Kier molecular flexibility index (Phi) is 6.32. The molecule has 0 unspecified atom stereocenters. The number of hydrogen-bond acceptors (Lipinski definition) is 7. The predicted octanol–water partition coefficient (Wildman–Crippen LogP) is 2.03. The number of rotatable bonds is 7. The molecule has 7 heteroatoms. The second kappa shape index (κ2) is 8.26. The zero-order chi connectivity index (χ0) is 14.2. The van der Waals surface area contributed by atoms with Crippen LogP contribution in [0.1, 0.15) is 26.2 Å². The van der Waals surface area contributed by atoms with Crippen molar-refractivity contribution in [2.24, 2.45) is 0 Å². The molecule has 0 aromatic carbocycles. The van der Waals surface area contributed by atoms with Gasteiger partial charge in [-0.05, 0) is 6.42 Å². The predicted molar refractivity (Wildman–Crippen MR) is 82.7 cm³/mol. The highest BCUT2D eigenvalue weighted by Crippen LogP contribution is 2.20. The van der Waals surface area contributed by atoms with Gasteiger partial charge in [0.2, 0.25) is 11.9 Å². The van der Waals surface area contributed by atoms with E-state index in [1.165, 1.54) is 19.3 Å². The average Bonchev–Trinajstić information content (AvgIpc) is 2.52. The molecule has 0 spiro atoms. The van der Waals surface area contributed by atoms with Crippen LogP contribution >= 0.6 is 11.8 Å². The minimum absolute atomic E-state index is 0.638. The van der Waals surface area contributed by atoms with Crippen LogP contribution in [0.4, 0.5) is 11.9 Å². The van der Waals surface area contributed by atoms with Gasteiger partial charge in [-0.1, -0.05) is 31.5 Å². The van der Waals surface area contributed by atoms with E-state index in [0.717, 1.165) is 43.2 Å². The maximum atomic E-state index is 5.37. The highest BCUT2D eigenvalue weighted by atomic mass is 32.2. The van der Waals surface area contributed by atoms with Crippen LogP contribution in [0.15, 0.2) is 5.16 Å². The highest BCUT2D eigenvalue weighted by molar-refractivity contribution is 7.99. The topological polar surface area (TPSA) is 63.2 Å². The van der Waals surface area contributed by atoms with E-state index in [0.29, 0.717) is 5.95 Å². The molecule has 0 bridgehead atoms. The van der Waals surface area contributed by atoms with Crippen LogP contribution in [0.5, 0.6) is 0 Å². The summed E-state index contributed by atoms with van der Waals surface area (Å²) in [5.74, 6) is 2.45. The van der Waals surface area contributed by atoms with Crippen molar-refractivity contribution >= 4 is 23.7 Å². The van der Waals surface area contributed by atoms with Crippen molar-refractivity contribution in [3.05, 3.63) is 0 Å². The lowest BCUT2D eigenvalue weighted by Crippen LogP contribution is -2.37. The van der Waals surface area contributed by atoms with E-state index >= 15 is 0 Å². The van der Waals surface area contributed by atoms with Crippen molar-refractivity contribution in [1.29, 1.82) is 0 Å². The molecular weight excluding hydrogens is 274 g/mol. The van der Waals surface area contributed by atoms with Crippen molar-refractivity contribution in [2.45, 2.75) is 31.3 Å². The summed E-state index contributed by atoms with van der Waals surface area (Å²) in [5, 5.41) is 3.82. The summed E-state index contributed by atoms with van der Waals surface area (Å²) < 4.78 is 5.37. The van der Waals surface area contributed by atoms with Gasteiger partial charge >= 0.3 is 0 Å². The molecule has 0 radical (unpaired) electrons. The van der Waals surface area contributed by atoms with Gasteiger partial charge in [0.15, 0.2) is 5.16 Å². The molecule has 1 fully saturated rings. The number of aromatic nitrogens is 3. The third-order valence-electron chi connectivity index (χ3n) is 3.10. The van der Waals surface area contributed by atoms with Gasteiger partial charge in [0.25, 0.3) is 0 Å². The van der Waals surface area contributed by atoms with Crippen molar-refractivity contribution in [2.75, 3.05) is 49.3 Å². The molecule has 1 aromatic rings. The van der Waals surface area contributed by atoms with Crippen LogP contribution < -0.4 is 10.2 Å². The monoisotopic (exact) mass is 297 g/mol. The molecular formula is C13H23N5OS. The molecule has 0 amide bonds. The Morgan fingerprint density at radius 1 is 1.20 bits per heavy atom. The number of hydrogen-bond donors (Lipinski definition) is 1. The fraction of sp³-hybridized carbons (Fsp3) is 0.769. The lowest BCUT2D eigenvalue weighted by molar-refractivity contribution is 0.122. The van der Waals surface area contributed by atoms with E-state index in [4.69, 9.17) is 4.74 Å². The standard InChI is InChI=1S/C13H23N5OS/c1-3-4-5-10-20-13-16-11(14-2)15-12(17-13)18-6-8-19-9-7-18/h3-10H2,1-2H3,(H,14,15,16,17). The van der Waals surface area contributed by atoms with Crippen LogP contribution in [0.25, 0.3) is 0 Å². The van der Waals surface area contributed by atoms with Crippen LogP contribution in [0.2, 0.25) is 0 Å². The molecule has 1 aliphatic rings. The number of thioether (sulfide) groups is 1. The molecule has 0 saturated carbocycles. The fourth-order valence-corrected chi connectivity index (χ4v) is 2.77. The summed E-state index contributed by atoms with van der Waals surface area (Å²) in [5.41, 5.74) is 0. The Balaban J connectivity index is 2.03. The maximum Gasteiger partial charge on any atom is 0.231 e. The van der Waals surface area contributed by atoms with E-state index < -0.39 is 0 Å². The fourth-order valence-electron chi connectivity index (χ4n) is 1.94. The molecule has 112 valence electrons. The second-order valence-corrected chi connectivity index (χ2v) is 5.71. The minimum Gasteiger partial charge on any atom is -0.378 e. The van der Waals surface area contributed by atoms with Gasteiger partial charge in [0, 0.05) is 25.9 Å². The molecule has 1 saturated heterocycles. The molecule has 1 aliphatic heterocycles. The smallest absolute Gasteiger partial charge is 0.231 e. The Morgan fingerprint density at radius 2 is 2.00 bits per heavy atom. The van der Waals surface area contributed by atoms with Crippen molar-refractivity contribution in [3.63, 3.8) is 0 Å². The Hall–Kier alpha value is -1.08. The second-order valence-electron chi connectivity index (χ2n) is 4.65. The van der Waals surface area contributed by atoms with E-state index in [9.17, 15) is 0 Å². The van der Waals surface area contributed by atoms with Gasteiger partial charge < -0.3 is 15.0 Å². The summed E-state index contributed by atoms with van der Waals surface area (Å²) in [6.45, 7) is 5.36. The molecule has 1 aromatic heterocycles. The Bertz CT molecular complexity index is 412. The summed E-state index contributed by atoms with van der Waals surface area (Å²) >= 11 is 1.71. The first-order chi connectivity index (χ1) is 9.83. The highest BCUT2D eigenvalue weighted by Gasteiger charge is 2.16. The summed E-state index contributed by atoms with van der Waals surface area (Å²) in [6, 6.07) is 0. The van der Waals surface area contributed by atoms with Crippen molar-refractivity contribution in [1.82, 2.24) is 15.0 Å². The molecule has 6 nitrogen and oxygen atoms in total. The lowest BCUT2D eigenvalue weighted by Gasteiger charge is -2.26. The number of anilines is 2. The van der Waals surface area contributed by atoms with Gasteiger partial charge in [-0.25, -0.2) is 0 Å². The summed E-state index contributed by atoms with van der Waals surface area (Å²) in [4.78, 5) is 15.6. The Morgan fingerprint density at radius 3 is 2.70 bits per heavy atom. The third kappa shape index (κ3) is 4.49. The Labute approximate surface area is 124 Å². The number of ether oxygens (including phenoxy) is 1. The first-order valence-electron chi connectivity index (χ1n) is 7.22. The molecule has 20 heavy (non-hydrogen) atoms. The van der Waals surface area contributed by atoms with Crippen LogP contribution in [-0.4, -0.2) is 54.1 Å². The molecule has 0 atom stereocenters. The van der Waals surface area contributed by atoms with Gasteiger partial charge in [0.1, 0.15) is 0 Å². The quantitative estimate of drug-likeness (QED) is 0.610. The van der Waals surface area contributed by atoms with Gasteiger partial charge in [-0.15, -0.1) is 0 Å². The maximum absolute atomic E-state index is 5.37. The van der Waals surface area contributed by atoms with Crippen LogP contribution in [0, 0.1) is 0 Å². The normalized spacial score (nSPS) is 15.4. The first-order valence-corrected chi connectivity index (χ1v) is 8.21. The van der Waals surface area contributed by atoms with Gasteiger partial charge in [-0.3, -0.25) is 0 Å². The largest absolute Gasteiger partial charge is 0.378 e. The van der Waals surface area contributed by atoms with E-state index in [2.05, 4.69) is 32.1 Å². The third-order valence-corrected chi connectivity index (χ3v) is 4.03. The first kappa shape index (κ1) is 15.3. The number of nitrogens with one attached hydrogen (secondary N) is 1. The zero-order valence-electron chi connectivity index (χ0n) is 12.3. The van der Waals surface area contributed by atoms with Gasteiger partial charge in [-0.2, -0.15) is 15.0 Å². The molecule has 2 rings (SSSR count). The SMILES string of the molecule is CCCCCSc1nc(NC)nc(N2CCOCC2)n1. The number of morpholine rings is 1. The summed E-state index contributed by atoms with van der Waals surface area (Å²) in [6.07, 6.45) is 3.69. The average molecular weight is 297 g/mol. The summed E-state index contributed by atoms with van der Waals surface area (Å²) in [7, 11) is 1.84. The van der Waals surface area contributed by atoms with Gasteiger partial charge in [0.05, 0.1) is 13.2 Å². The van der Waals surface area contributed by atoms with Crippen LogP contribution in [0.3, 0.4) is 0 Å². The minimum atomic E-state index is 0.638. The number of unbranched alkanes of at least 4 members (excludes halogenated alkanes) is 2. The number of nitrogens with zero attached hydrogens (tertiary/aromatic N) is 4. The van der Waals surface area contributed by atoms with E-state index in [1.807, 2.05) is 7.05 Å². The van der Waals surface area contributed by atoms with Crippen molar-refractivity contribution < 1.29 is 4.74 Å². The zero-order valence-corrected chi connectivity index (χ0v) is 13.1. The van der Waals surface area contributed by atoms with Crippen LogP contribution in [-0.2, 0) is 4.74 Å². The molecule has 0 aliphatic carbocycles. The lowest BCUT2D eigenvalue weighted by atomic mass is 10.3. The molecule has 2 heterocycles. The van der Waals surface area contributed by atoms with E-state index in [-0.39, 0.29) is 0 Å². The molecule has 1 N–H and O–H groups in total. The van der Waals surface area contributed by atoms with E-state index in [1.54, 1.807) is 11.8 Å².